The van der Waals surface area contributed by atoms with Gasteiger partial charge in [0.1, 0.15) is 0 Å². The van der Waals surface area contributed by atoms with Gasteiger partial charge in [-0.25, -0.2) is 0 Å². The van der Waals surface area contributed by atoms with Crippen molar-refractivity contribution in [2.45, 2.75) is 38.5 Å². The maximum atomic E-state index is 6.23. The summed E-state index contributed by atoms with van der Waals surface area (Å²) in [6, 6.07) is 8.35. The van der Waals surface area contributed by atoms with Gasteiger partial charge in [-0.2, -0.15) is 0 Å². The molecule has 0 bridgehead atoms. The van der Waals surface area contributed by atoms with E-state index in [1.807, 2.05) is 6.07 Å². The van der Waals surface area contributed by atoms with Crippen LogP contribution in [0.2, 0.25) is 0 Å². The standard InChI is InChI=1S/C15H21BrCl2/c1-12(2)5-4-8-15(10-17,11-18)13-6-3-7-14(16)9-13/h3,6-7,9,12H,4-5,8,10-11H2,1-2H3. The van der Waals surface area contributed by atoms with Crippen molar-refractivity contribution in [3.63, 3.8) is 0 Å². The maximum absolute atomic E-state index is 6.23. The molecule has 0 spiro atoms. The van der Waals surface area contributed by atoms with Gasteiger partial charge in [-0.3, -0.25) is 0 Å². The fourth-order valence-corrected chi connectivity index (χ4v) is 3.40. The topological polar surface area (TPSA) is 0 Å². The zero-order chi connectivity index (χ0) is 13.6. The van der Waals surface area contributed by atoms with E-state index in [4.69, 9.17) is 23.2 Å². The Kier molecular flexibility index (Phi) is 7.05. The van der Waals surface area contributed by atoms with Crippen LogP contribution in [0.15, 0.2) is 28.7 Å². The van der Waals surface area contributed by atoms with E-state index < -0.39 is 0 Å². The van der Waals surface area contributed by atoms with Crippen LogP contribution in [0.1, 0.15) is 38.7 Å². The summed E-state index contributed by atoms with van der Waals surface area (Å²) in [6.45, 7) is 4.50. The van der Waals surface area contributed by atoms with Gasteiger partial charge in [-0.1, -0.05) is 54.8 Å². The quantitative estimate of drug-likeness (QED) is 0.529. The van der Waals surface area contributed by atoms with Gasteiger partial charge < -0.3 is 0 Å². The van der Waals surface area contributed by atoms with Crippen molar-refractivity contribution in [2.75, 3.05) is 11.8 Å². The van der Waals surface area contributed by atoms with Gasteiger partial charge in [0.2, 0.25) is 0 Å². The summed E-state index contributed by atoms with van der Waals surface area (Å²) < 4.78 is 1.09. The molecular formula is C15H21BrCl2. The van der Waals surface area contributed by atoms with Crippen LogP contribution in [0.5, 0.6) is 0 Å². The number of hydrogen-bond acceptors (Lipinski definition) is 0. The third-order valence-electron chi connectivity index (χ3n) is 3.39. The molecule has 18 heavy (non-hydrogen) atoms. The number of halogens is 3. The molecule has 0 aliphatic rings. The monoisotopic (exact) mass is 350 g/mol. The second-order valence-corrected chi connectivity index (χ2v) is 6.79. The third-order valence-corrected chi connectivity index (χ3v) is 4.90. The first-order valence-electron chi connectivity index (χ1n) is 6.42. The number of rotatable bonds is 7. The van der Waals surface area contributed by atoms with Gasteiger partial charge >= 0.3 is 0 Å². The van der Waals surface area contributed by atoms with Crippen molar-refractivity contribution >= 4 is 39.1 Å². The van der Waals surface area contributed by atoms with Crippen molar-refractivity contribution in [1.82, 2.24) is 0 Å². The fraction of sp³-hybridized carbons (Fsp3) is 0.600. The second kappa shape index (κ2) is 7.77. The van der Waals surface area contributed by atoms with Gasteiger partial charge in [-0.15, -0.1) is 23.2 Å². The van der Waals surface area contributed by atoms with Gasteiger partial charge in [0.25, 0.3) is 0 Å². The van der Waals surface area contributed by atoms with Crippen LogP contribution in [0.3, 0.4) is 0 Å². The molecular weight excluding hydrogens is 331 g/mol. The first-order chi connectivity index (χ1) is 8.54. The highest BCUT2D eigenvalue weighted by Crippen LogP contribution is 2.34. The molecule has 0 aliphatic carbocycles. The molecule has 3 heteroatoms. The van der Waals surface area contributed by atoms with Crippen molar-refractivity contribution in [2.24, 2.45) is 5.92 Å². The maximum Gasteiger partial charge on any atom is 0.0332 e. The van der Waals surface area contributed by atoms with Crippen molar-refractivity contribution in [3.8, 4) is 0 Å². The Hall–Kier alpha value is 0.280. The molecule has 0 amide bonds. The van der Waals surface area contributed by atoms with E-state index >= 15 is 0 Å². The predicted molar refractivity (Wildman–Crippen MR) is 85.9 cm³/mol. The average molecular weight is 352 g/mol. The van der Waals surface area contributed by atoms with Crippen LogP contribution in [0, 0.1) is 5.92 Å². The molecule has 0 saturated carbocycles. The summed E-state index contributed by atoms with van der Waals surface area (Å²) in [7, 11) is 0. The lowest BCUT2D eigenvalue weighted by atomic mass is 9.79. The van der Waals surface area contributed by atoms with Gasteiger partial charge in [0.05, 0.1) is 0 Å². The first-order valence-corrected chi connectivity index (χ1v) is 8.28. The zero-order valence-electron chi connectivity index (χ0n) is 11.1. The summed E-state index contributed by atoms with van der Waals surface area (Å²) >= 11 is 16.0. The lowest BCUT2D eigenvalue weighted by Crippen LogP contribution is -2.30. The van der Waals surface area contributed by atoms with Crippen LogP contribution < -0.4 is 0 Å². The Morgan fingerprint density at radius 1 is 1.22 bits per heavy atom. The lowest BCUT2D eigenvalue weighted by molar-refractivity contribution is 0.432. The normalized spacial score (nSPS) is 12.1. The summed E-state index contributed by atoms with van der Waals surface area (Å²) in [5.41, 5.74) is 1.15. The SMILES string of the molecule is CC(C)CCCC(CCl)(CCl)c1cccc(Br)c1. The van der Waals surface area contributed by atoms with E-state index in [2.05, 4.69) is 48.0 Å². The molecule has 0 aliphatic heterocycles. The third kappa shape index (κ3) is 4.43. The van der Waals surface area contributed by atoms with Crippen LogP contribution in [-0.2, 0) is 5.41 Å². The van der Waals surface area contributed by atoms with Crippen molar-refractivity contribution in [3.05, 3.63) is 34.3 Å². The molecule has 0 N–H and O–H groups in total. The predicted octanol–water partition coefficient (Wildman–Crippen LogP) is 5.99. The Morgan fingerprint density at radius 3 is 2.39 bits per heavy atom. The highest BCUT2D eigenvalue weighted by atomic mass is 79.9. The molecule has 0 radical (unpaired) electrons. The number of benzene rings is 1. The Bertz CT molecular complexity index is 359. The van der Waals surface area contributed by atoms with Gasteiger partial charge in [-0.05, 0) is 30.0 Å². The molecule has 1 aromatic carbocycles. The Morgan fingerprint density at radius 2 is 1.89 bits per heavy atom. The van der Waals surface area contributed by atoms with Crippen LogP contribution in [-0.4, -0.2) is 11.8 Å². The summed E-state index contributed by atoms with van der Waals surface area (Å²) in [5.74, 6) is 1.88. The zero-order valence-corrected chi connectivity index (χ0v) is 14.2. The summed E-state index contributed by atoms with van der Waals surface area (Å²) in [4.78, 5) is 0. The number of hydrogen-bond donors (Lipinski definition) is 0. The lowest BCUT2D eigenvalue weighted by Gasteiger charge is -2.30. The second-order valence-electron chi connectivity index (χ2n) is 5.34. The molecule has 0 heterocycles. The van der Waals surface area contributed by atoms with E-state index in [0.717, 1.165) is 16.8 Å². The minimum absolute atomic E-state index is 0.0955. The van der Waals surface area contributed by atoms with Gasteiger partial charge in [0, 0.05) is 21.6 Å². The Balaban J connectivity index is 2.85. The van der Waals surface area contributed by atoms with E-state index in [-0.39, 0.29) is 5.41 Å². The molecule has 0 fully saturated rings. The molecule has 0 aromatic heterocycles. The largest absolute Gasteiger partial charge is 0.126 e. The molecule has 1 aromatic rings. The highest BCUT2D eigenvalue weighted by Gasteiger charge is 2.30. The molecule has 0 atom stereocenters. The molecule has 102 valence electrons. The molecule has 1 rings (SSSR count). The van der Waals surface area contributed by atoms with Crippen molar-refractivity contribution < 1.29 is 0 Å². The number of alkyl halides is 2. The van der Waals surface area contributed by atoms with Crippen molar-refractivity contribution in [1.29, 1.82) is 0 Å². The van der Waals surface area contributed by atoms with Crippen LogP contribution in [0.4, 0.5) is 0 Å². The fourth-order valence-electron chi connectivity index (χ4n) is 2.14. The van der Waals surface area contributed by atoms with E-state index in [1.54, 1.807) is 0 Å². The molecule has 0 nitrogen and oxygen atoms in total. The Labute approximate surface area is 129 Å². The van der Waals surface area contributed by atoms with Crippen LogP contribution >= 0.6 is 39.1 Å². The summed E-state index contributed by atoms with van der Waals surface area (Å²) in [6.07, 6.45) is 3.45. The van der Waals surface area contributed by atoms with E-state index in [0.29, 0.717) is 11.8 Å². The highest BCUT2D eigenvalue weighted by molar-refractivity contribution is 9.10. The smallest absolute Gasteiger partial charge is 0.0332 e. The molecule has 0 saturated heterocycles. The minimum Gasteiger partial charge on any atom is -0.126 e. The van der Waals surface area contributed by atoms with Gasteiger partial charge in [0.15, 0.2) is 0 Å². The summed E-state index contributed by atoms with van der Waals surface area (Å²) in [5, 5.41) is 0. The first kappa shape index (κ1) is 16.3. The minimum atomic E-state index is -0.0955. The molecule has 0 unspecified atom stereocenters. The van der Waals surface area contributed by atoms with E-state index in [1.165, 1.54) is 18.4 Å². The van der Waals surface area contributed by atoms with Crippen LogP contribution in [0.25, 0.3) is 0 Å². The van der Waals surface area contributed by atoms with E-state index in [9.17, 15) is 0 Å². The average Bonchev–Trinajstić information content (AvgIpc) is 2.35.